The summed E-state index contributed by atoms with van der Waals surface area (Å²) in [4.78, 5) is 2.34. The highest BCUT2D eigenvalue weighted by Gasteiger charge is 2.17. The molecule has 1 aromatic carbocycles. The molecule has 0 amide bonds. The molecule has 1 aromatic rings. The van der Waals surface area contributed by atoms with E-state index in [4.69, 9.17) is 4.74 Å². The van der Waals surface area contributed by atoms with Crippen LogP contribution in [-0.4, -0.2) is 32.1 Å². The number of hydrogen-bond acceptors (Lipinski definition) is 2. The van der Waals surface area contributed by atoms with Crippen molar-refractivity contribution in [2.45, 2.75) is 6.92 Å². The molecule has 1 atom stereocenters. The van der Waals surface area contributed by atoms with Gasteiger partial charge in [0.25, 0.3) is 0 Å². The minimum atomic E-state index is 0.604. The molecule has 16 heavy (non-hydrogen) atoms. The van der Waals surface area contributed by atoms with E-state index in [0.717, 1.165) is 18.8 Å². The van der Waals surface area contributed by atoms with Crippen LogP contribution < -0.4 is 4.74 Å². The molecule has 86 valence electrons. The van der Waals surface area contributed by atoms with Crippen LogP contribution in [0.2, 0.25) is 0 Å². The van der Waals surface area contributed by atoms with Crippen LogP contribution in [0.15, 0.2) is 30.3 Å². The van der Waals surface area contributed by atoms with Crippen molar-refractivity contribution in [2.24, 2.45) is 5.92 Å². The van der Waals surface area contributed by atoms with Crippen LogP contribution in [0.25, 0.3) is 5.57 Å². The largest absolute Gasteiger partial charge is 0.497 e. The lowest BCUT2D eigenvalue weighted by Crippen LogP contribution is -2.29. The zero-order valence-electron chi connectivity index (χ0n) is 10.2. The third-order valence-electron chi connectivity index (χ3n) is 3.16. The van der Waals surface area contributed by atoms with Gasteiger partial charge in [0, 0.05) is 13.1 Å². The minimum Gasteiger partial charge on any atom is -0.497 e. The first kappa shape index (κ1) is 11.2. The predicted octanol–water partition coefficient (Wildman–Crippen LogP) is 2.66. The van der Waals surface area contributed by atoms with Gasteiger partial charge in [0.2, 0.25) is 0 Å². The summed E-state index contributed by atoms with van der Waals surface area (Å²) >= 11 is 0. The second kappa shape index (κ2) is 4.71. The molecule has 0 fully saturated rings. The summed E-state index contributed by atoms with van der Waals surface area (Å²) < 4.78 is 5.17. The SMILES string of the molecule is COc1ccc(C2=CCN(C)CC2C)cc1. The molecule has 1 aliphatic heterocycles. The molecule has 2 rings (SSSR count). The molecule has 0 saturated carbocycles. The van der Waals surface area contributed by atoms with E-state index >= 15 is 0 Å². The molecule has 2 nitrogen and oxygen atoms in total. The lowest BCUT2D eigenvalue weighted by molar-refractivity contribution is 0.329. The highest BCUT2D eigenvalue weighted by molar-refractivity contribution is 5.68. The average molecular weight is 217 g/mol. The molecule has 0 bridgehead atoms. The molecule has 1 heterocycles. The third kappa shape index (κ3) is 2.27. The summed E-state index contributed by atoms with van der Waals surface area (Å²) in [5, 5.41) is 0. The maximum absolute atomic E-state index is 5.17. The van der Waals surface area contributed by atoms with Crippen LogP contribution in [0, 0.1) is 5.92 Å². The van der Waals surface area contributed by atoms with E-state index in [1.807, 2.05) is 12.1 Å². The number of rotatable bonds is 2. The lowest BCUT2D eigenvalue weighted by atomic mass is 9.91. The molecule has 0 saturated heterocycles. The standard InChI is InChI=1S/C14H19NO/c1-11-10-15(2)9-8-14(11)12-4-6-13(16-3)7-5-12/h4-8,11H,9-10H2,1-3H3. The minimum absolute atomic E-state index is 0.604. The summed E-state index contributed by atoms with van der Waals surface area (Å²) in [6, 6.07) is 8.35. The summed E-state index contributed by atoms with van der Waals surface area (Å²) in [7, 11) is 3.87. The molecule has 1 unspecified atom stereocenters. The number of methoxy groups -OCH3 is 1. The molecule has 0 aromatic heterocycles. The fourth-order valence-corrected chi connectivity index (χ4v) is 2.28. The number of ether oxygens (including phenoxy) is 1. The van der Waals surface area contributed by atoms with Crippen molar-refractivity contribution in [3.05, 3.63) is 35.9 Å². The molecule has 1 aliphatic rings. The zero-order chi connectivity index (χ0) is 11.5. The molecule has 0 aliphatic carbocycles. The number of nitrogens with zero attached hydrogens (tertiary/aromatic N) is 1. The number of likely N-dealkylation sites (N-methyl/N-ethyl adjacent to an activating group) is 1. The van der Waals surface area contributed by atoms with Gasteiger partial charge in [-0.1, -0.05) is 25.1 Å². The van der Waals surface area contributed by atoms with E-state index in [0.29, 0.717) is 5.92 Å². The Morgan fingerprint density at radius 3 is 2.50 bits per heavy atom. The maximum atomic E-state index is 5.17. The molecular weight excluding hydrogens is 198 g/mol. The van der Waals surface area contributed by atoms with Crippen molar-refractivity contribution in [1.82, 2.24) is 4.90 Å². The molecule has 0 radical (unpaired) electrons. The Balaban J connectivity index is 2.23. The lowest BCUT2D eigenvalue weighted by Gasteiger charge is -2.28. The fourth-order valence-electron chi connectivity index (χ4n) is 2.28. The normalized spacial score (nSPS) is 21.7. The van der Waals surface area contributed by atoms with Gasteiger partial charge in [-0.15, -0.1) is 0 Å². The number of hydrogen-bond donors (Lipinski definition) is 0. The van der Waals surface area contributed by atoms with Gasteiger partial charge in [0.05, 0.1) is 7.11 Å². The van der Waals surface area contributed by atoms with Gasteiger partial charge in [-0.05, 0) is 36.2 Å². The first-order valence-electron chi connectivity index (χ1n) is 5.73. The summed E-state index contributed by atoms with van der Waals surface area (Å²) in [6.45, 7) is 4.47. The van der Waals surface area contributed by atoms with Crippen molar-refractivity contribution in [3.63, 3.8) is 0 Å². The van der Waals surface area contributed by atoms with Crippen LogP contribution in [-0.2, 0) is 0 Å². The van der Waals surface area contributed by atoms with Crippen molar-refractivity contribution in [2.75, 3.05) is 27.2 Å². The summed E-state index contributed by atoms with van der Waals surface area (Å²) in [5.41, 5.74) is 2.78. The Morgan fingerprint density at radius 2 is 1.94 bits per heavy atom. The van der Waals surface area contributed by atoms with Crippen LogP contribution in [0.3, 0.4) is 0 Å². The highest BCUT2D eigenvalue weighted by atomic mass is 16.5. The average Bonchev–Trinajstić information content (AvgIpc) is 2.29. The van der Waals surface area contributed by atoms with Gasteiger partial charge in [-0.25, -0.2) is 0 Å². The Kier molecular flexibility index (Phi) is 3.30. The quantitative estimate of drug-likeness (QED) is 0.755. The molecule has 0 spiro atoms. The second-order valence-electron chi connectivity index (χ2n) is 4.51. The van der Waals surface area contributed by atoms with E-state index in [2.05, 4.69) is 37.1 Å². The van der Waals surface area contributed by atoms with Crippen LogP contribution in [0.5, 0.6) is 5.75 Å². The first-order chi connectivity index (χ1) is 7.70. The van der Waals surface area contributed by atoms with Gasteiger partial charge < -0.3 is 9.64 Å². The van der Waals surface area contributed by atoms with Crippen LogP contribution in [0.1, 0.15) is 12.5 Å². The van der Waals surface area contributed by atoms with Crippen LogP contribution in [0.4, 0.5) is 0 Å². The van der Waals surface area contributed by atoms with Crippen molar-refractivity contribution >= 4 is 5.57 Å². The van der Waals surface area contributed by atoms with Crippen molar-refractivity contribution in [3.8, 4) is 5.75 Å². The van der Waals surface area contributed by atoms with E-state index in [-0.39, 0.29) is 0 Å². The Hall–Kier alpha value is -1.28. The second-order valence-corrected chi connectivity index (χ2v) is 4.51. The number of benzene rings is 1. The van der Waals surface area contributed by atoms with E-state index < -0.39 is 0 Å². The van der Waals surface area contributed by atoms with Gasteiger partial charge in [-0.3, -0.25) is 0 Å². The first-order valence-corrected chi connectivity index (χ1v) is 5.73. The van der Waals surface area contributed by atoms with Gasteiger partial charge in [0.1, 0.15) is 5.75 Å². The van der Waals surface area contributed by atoms with Gasteiger partial charge in [-0.2, -0.15) is 0 Å². The van der Waals surface area contributed by atoms with Crippen molar-refractivity contribution in [1.29, 1.82) is 0 Å². The Bertz CT molecular complexity index is 380. The molecular formula is C14H19NO. The van der Waals surface area contributed by atoms with E-state index in [1.54, 1.807) is 7.11 Å². The summed E-state index contributed by atoms with van der Waals surface area (Å²) in [6.07, 6.45) is 2.33. The third-order valence-corrected chi connectivity index (χ3v) is 3.16. The zero-order valence-corrected chi connectivity index (χ0v) is 10.2. The smallest absolute Gasteiger partial charge is 0.118 e. The van der Waals surface area contributed by atoms with Gasteiger partial charge in [0.15, 0.2) is 0 Å². The predicted molar refractivity (Wildman–Crippen MR) is 67.6 cm³/mol. The fraction of sp³-hybridized carbons (Fsp3) is 0.429. The molecule has 0 N–H and O–H groups in total. The highest BCUT2D eigenvalue weighted by Crippen LogP contribution is 2.28. The van der Waals surface area contributed by atoms with E-state index in [9.17, 15) is 0 Å². The summed E-state index contributed by atoms with van der Waals surface area (Å²) in [5.74, 6) is 1.53. The van der Waals surface area contributed by atoms with E-state index in [1.165, 1.54) is 11.1 Å². The Labute approximate surface area is 97.5 Å². The Morgan fingerprint density at radius 1 is 1.25 bits per heavy atom. The maximum Gasteiger partial charge on any atom is 0.118 e. The van der Waals surface area contributed by atoms with Gasteiger partial charge >= 0.3 is 0 Å². The molecule has 2 heteroatoms. The van der Waals surface area contributed by atoms with Crippen molar-refractivity contribution < 1.29 is 4.74 Å². The topological polar surface area (TPSA) is 12.5 Å². The van der Waals surface area contributed by atoms with Crippen LogP contribution >= 0.6 is 0 Å². The monoisotopic (exact) mass is 217 g/mol.